The second-order valence-corrected chi connectivity index (χ2v) is 4.91. The van der Waals surface area contributed by atoms with Crippen molar-refractivity contribution >= 4 is 11.3 Å². The number of nitrogens with zero attached hydrogens (tertiary/aromatic N) is 1. The van der Waals surface area contributed by atoms with Crippen LogP contribution in [-0.4, -0.2) is 16.7 Å². The van der Waals surface area contributed by atoms with Gasteiger partial charge in [0.05, 0.1) is 11.6 Å². The predicted octanol–water partition coefficient (Wildman–Crippen LogP) is 2.51. The molecule has 1 aromatic rings. The first-order valence-corrected chi connectivity index (χ1v) is 5.69. The fourth-order valence-electron chi connectivity index (χ4n) is 1.46. The maximum absolute atomic E-state index is 8.99. The van der Waals surface area contributed by atoms with Gasteiger partial charge in [-0.3, -0.25) is 0 Å². The van der Waals surface area contributed by atoms with Crippen LogP contribution in [0.3, 0.4) is 0 Å². The zero-order valence-electron chi connectivity index (χ0n) is 7.86. The molecule has 0 amide bonds. The van der Waals surface area contributed by atoms with Crippen LogP contribution in [0, 0.1) is 0 Å². The number of rotatable bonds is 3. The molecule has 1 saturated carbocycles. The van der Waals surface area contributed by atoms with E-state index in [4.69, 9.17) is 5.11 Å². The summed E-state index contributed by atoms with van der Waals surface area (Å²) >= 11 is 1.78. The third kappa shape index (κ3) is 1.76. The van der Waals surface area contributed by atoms with E-state index < -0.39 is 0 Å². The van der Waals surface area contributed by atoms with Gasteiger partial charge in [0, 0.05) is 22.9 Å². The summed E-state index contributed by atoms with van der Waals surface area (Å²) in [5, 5.41) is 10.3. The van der Waals surface area contributed by atoms with Crippen molar-refractivity contribution in [3.8, 4) is 0 Å². The lowest BCUT2D eigenvalue weighted by Crippen LogP contribution is -2.07. The van der Waals surface area contributed by atoms with Crippen LogP contribution in [-0.2, 0) is 0 Å². The van der Waals surface area contributed by atoms with Crippen LogP contribution in [0.25, 0.3) is 0 Å². The normalized spacial score (nSPS) is 19.8. The average Bonchev–Trinajstić information content (AvgIpc) is 2.49. The Morgan fingerprint density at radius 2 is 2.46 bits per heavy atom. The van der Waals surface area contributed by atoms with Crippen molar-refractivity contribution in [3.63, 3.8) is 0 Å². The van der Waals surface area contributed by atoms with E-state index in [-0.39, 0.29) is 12.5 Å². The molecule has 0 spiro atoms. The molecule has 1 aliphatic carbocycles. The molecule has 1 atom stereocenters. The molecule has 1 fully saturated rings. The molecular weight excluding hydrogens is 182 g/mol. The topological polar surface area (TPSA) is 33.1 Å². The number of hydrogen-bond acceptors (Lipinski definition) is 3. The molecule has 1 heterocycles. The van der Waals surface area contributed by atoms with Crippen LogP contribution in [0.5, 0.6) is 0 Å². The largest absolute Gasteiger partial charge is 0.396 e. The second-order valence-electron chi connectivity index (χ2n) is 3.81. The SMILES string of the molecule is CC(CO)c1cnc(C2CCC2)s1. The summed E-state index contributed by atoms with van der Waals surface area (Å²) in [6.07, 6.45) is 5.90. The average molecular weight is 197 g/mol. The third-order valence-corrected chi connectivity index (χ3v) is 4.15. The maximum atomic E-state index is 8.99. The van der Waals surface area contributed by atoms with Gasteiger partial charge in [-0.15, -0.1) is 11.3 Å². The molecule has 13 heavy (non-hydrogen) atoms. The summed E-state index contributed by atoms with van der Waals surface area (Å²) in [7, 11) is 0. The quantitative estimate of drug-likeness (QED) is 0.807. The number of aromatic nitrogens is 1. The van der Waals surface area contributed by atoms with E-state index in [2.05, 4.69) is 4.98 Å². The van der Waals surface area contributed by atoms with Crippen LogP contribution < -0.4 is 0 Å². The van der Waals surface area contributed by atoms with Crippen LogP contribution in [0.2, 0.25) is 0 Å². The highest BCUT2D eigenvalue weighted by Gasteiger charge is 2.23. The fourth-order valence-corrected chi connectivity index (χ4v) is 2.59. The molecule has 1 aromatic heterocycles. The van der Waals surface area contributed by atoms with Crippen molar-refractivity contribution in [1.82, 2.24) is 4.98 Å². The third-order valence-electron chi connectivity index (χ3n) is 2.76. The Labute approximate surface area is 82.6 Å². The van der Waals surface area contributed by atoms with E-state index in [0.717, 1.165) is 5.92 Å². The van der Waals surface area contributed by atoms with Crippen molar-refractivity contribution in [3.05, 3.63) is 16.1 Å². The summed E-state index contributed by atoms with van der Waals surface area (Å²) in [6, 6.07) is 0. The van der Waals surface area contributed by atoms with Gasteiger partial charge >= 0.3 is 0 Å². The van der Waals surface area contributed by atoms with Crippen molar-refractivity contribution in [1.29, 1.82) is 0 Å². The molecule has 0 bridgehead atoms. The minimum absolute atomic E-state index is 0.228. The van der Waals surface area contributed by atoms with Gasteiger partial charge in [-0.05, 0) is 12.8 Å². The van der Waals surface area contributed by atoms with Crippen molar-refractivity contribution < 1.29 is 5.11 Å². The Bertz CT molecular complexity index is 261. The standard InChI is InChI=1S/C10H15NOS/c1-7(6-12)9-5-11-10(13-9)8-3-2-4-8/h5,7-8,12H,2-4,6H2,1H3. The number of thiazole rings is 1. The minimum Gasteiger partial charge on any atom is -0.396 e. The molecule has 1 N–H and O–H groups in total. The Morgan fingerprint density at radius 1 is 1.69 bits per heavy atom. The van der Waals surface area contributed by atoms with E-state index in [1.54, 1.807) is 11.3 Å². The van der Waals surface area contributed by atoms with Crippen molar-refractivity contribution in [2.24, 2.45) is 0 Å². The van der Waals surface area contributed by atoms with Gasteiger partial charge in [0.1, 0.15) is 0 Å². The summed E-state index contributed by atoms with van der Waals surface area (Å²) in [5.41, 5.74) is 0. The zero-order valence-corrected chi connectivity index (χ0v) is 8.68. The molecule has 2 rings (SSSR count). The van der Waals surface area contributed by atoms with E-state index in [1.807, 2.05) is 13.1 Å². The first-order valence-electron chi connectivity index (χ1n) is 4.87. The Balaban J connectivity index is 2.08. The first-order chi connectivity index (χ1) is 6.31. The number of hydrogen-bond donors (Lipinski definition) is 1. The molecule has 0 aromatic carbocycles. The van der Waals surface area contributed by atoms with Crippen LogP contribution >= 0.6 is 11.3 Å². The van der Waals surface area contributed by atoms with Gasteiger partial charge in [-0.25, -0.2) is 4.98 Å². The fraction of sp³-hybridized carbons (Fsp3) is 0.700. The first kappa shape index (κ1) is 9.16. The zero-order chi connectivity index (χ0) is 9.26. The van der Waals surface area contributed by atoms with Crippen LogP contribution in [0.1, 0.15) is 47.9 Å². The van der Waals surface area contributed by atoms with Gasteiger partial charge in [0.2, 0.25) is 0 Å². The molecule has 3 heteroatoms. The summed E-state index contributed by atoms with van der Waals surface area (Å²) in [6.45, 7) is 2.27. The van der Waals surface area contributed by atoms with Gasteiger partial charge < -0.3 is 5.11 Å². The molecule has 1 unspecified atom stereocenters. The lowest BCUT2D eigenvalue weighted by atomic mass is 9.86. The molecular formula is C10H15NOS. The molecule has 1 aliphatic rings. The lowest BCUT2D eigenvalue weighted by Gasteiger charge is -2.22. The molecule has 0 saturated heterocycles. The highest BCUT2D eigenvalue weighted by molar-refractivity contribution is 7.11. The van der Waals surface area contributed by atoms with E-state index >= 15 is 0 Å². The van der Waals surface area contributed by atoms with E-state index in [9.17, 15) is 0 Å². The monoisotopic (exact) mass is 197 g/mol. The van der Waals surface area contributed by atoms with Crippen molar-refractivity contribution in [2.75, 3.05) is 6.61 Å². The highest BCUT2D eigenvalue weighted by atomic mass is 32.1. The number of aliphatic hydroxyl groups excluding tert-OH is 1. The van der Waals surface area contributed by atoms with Gasteiger partial charge in [-0.1, -0.05) is 13.3 Å². The summed E-state index contributed by atoms with van der Waals surface area (Å²) in [5.74, 6) is 0.982. The Hall–Kier alpha value is -0.410. The van der Waals surface area contributed by atoms with Gasteiger partial charge in [0.15, 0.2) is 0 Å². The number of aliphatic hydroxyl groups is 1. The molecule has 72 valence electrons. The van der Waals surface area contributed by atoms with Gasteiger partial charge in [0.25, 0.3) is 0 Å². The molecule has 2 nitrogen and oxygen atoms in total. The van der Waals surface area contributed by atoms with Crippen LogP contribution in [0.15, 0.2) is 6.20 Å². The predicted molar refractivity (Wildman–Crippen MR) is 54.2 cm³/mol. The van der Waals surface area contributed by atoms with Crippen LogP contribution in [0.4, 0.5) is 0 Å². The Kier molecular flexibility index (Phi) is 2.65. The summed E-state index contributed by atoms with van der Waals surface area (Å²) in [4.78, 5) is 5.64. The minimum atomic E-state index is 0.228. The van der Waals surface area contributed by atoms with Crippen molar-refractivity contribution in [2.45, 2.75) is 38.0 Å². The second kappa shape index (κ2) is 3.76. The highest BCUT2D eigenvalue weighted by Crippen LogP contribution is 2.39. The molecule has 0 radical (unpaired) electrons. The van der Waals surface area contributed by atoms with Gasteiger partial charge in [-0.2, -0.15) is 0 Å². The van der Waals surface area contributed by atoms with E-state index in [0.29, 0.717) is 0 Å². The smallest absolute Gasteiger partial charge is 0.0958 e. The maximum Gasteiger partial charge on any atom is 0.0958 e. The lowest BCUT2D eigenvalue weighted by molar-refractivity contribution is 0.274. The Morgan fingerprint density at radius 3 is 3.00 bits per heavy atom. The van der Waals surface area contributed by atoms with E-state index in [1.165, 1.54) is 29.1 Å². The summed E-state index contributed by atoms with van der Waals surface area (Å²) < 4.78 is 0. The molecule has 0 aliphatic heterocycles.